The Kier molecular flexibility index (Phi) is 4.19. The van der Waals surface area contributed by atoms with Crippen LogP contribution in [-0.2, 0) is 6.42 Å². The van der Waals surface area contributed by atoms with Crippen molar-refractivity contribution in [1.29, 1.82) is 0 Å². The molecule has 0 radical (unpaired) electrons. The van der Waals surface area contributed by atoms with E-state index in [1.54, 1.807) is 6.07 Å². The van der Waals surface area contributed by atoms with Crippen LogP contribution in [0, 0.1) is 17.5 Å². The number of halogens is 3. The van der Waals surface area contributed by atoms with E-state index in [0.717, 1.165) is 0 Å². The van der Waals surface area contributed by atoms with Crippen molar-refractivity contribution < 1.29 is 13.2 Å². The first-order chi connectivity index (χ1) is 9.11. The van der Waals surface area contributed by atoms with Crippen LogP contribution in [0.15, 0.2) is 42.5 Å². The fourth-order valence-corrected chi connectivity index (χ4v) is 1.93. The van der Waals surface area contributed by atoms with Gasteiger partial charge in [0.15, 0.2) is 0 Å². The van der Waals surface area contributed by atoms with Gasteiger partial charge in [-0.1, -0.05) is 18.2 Å². The van der Waals surface area contributed by atoms with Gasteiger partial charge in [0, 0.05) is 5.56 Å². The van der Waals surface area contributed by atoms with Crippen LogP contribution in [-0.4, -0.2) is 0 Å². The summed E-state index contributed by atoms with van der Waals surface area (Å²) in [6, 6.07) is 8.82. The summed E-state index contributed by atoms with van der Waals surface area (Å²) >= 11 is 0. The van der Waals surface area contributed by atoms with Crippen LogP contribution in [0.4, 0.5) is 13.2 Å². The Morgan fingerprint density at radius 2 is 1.63 bits per heavy atom. The van der Waals surface area contributed by atoms with E-state index >= 15 is 0 Å². The van der Waals surface area contributed by atoms with Gasteiger partial charge in [-0.05, 0) is 36.2 Å². The van der Waals surface area contributed by atoms with Gasteiger partial charge >= 0.3 is 0 Å². The van der Waals surface area contributed by atoms with Crippen LogP contribution in [0.5, 0.6) is 0 Å². The highest BCUT2D eigenvalue weighted by atomic mass is 19.1. The third-order valence-corrected chi connectivity index (χ3v) is 2.92. The molecule has 1 atom stereocenters. The topological polar surface area (TPSA) is 38.0 Å². The molecule has 100 valence electrons. The molecule has 0 fully saturated rings. The molecule has 19 heavy (non-hydrogen) atoms. The summed E-state index contributed by atoms with van der Waals surface area (Å²) in [6.07, 6.45) is -0.00153. The van der Waals surface area contributed by atoms with Crippen molar-refractivity contribution in [3.63, 3.8) is 0 Å². The number of rotatable bonds is 4. The van der Waals surface area contributed by atoms with Gasteiger partial charge in [-0.25, -0.2) is 13.2 Å². The Balaban J connectivity index is 2.29. The molecule has 2 nitrogen and oxygen atoms in total. The lowest BCUT2D eigenvalue weighted by molar-refractivity contribution is 0.497. The highest BCUT2D eigenvalue weighted by Gasteiger charge is 2.16. The van der Waals surface area contributed by atoms with Crippen molar-refractivity contribution in [3.05, 3.63) is 71.0 Å². The minimum absolute atomic E-state index is 0.00153. The lowest BCUT2D eigenvalue weighted by Crippen LogP contribution is -2.30. The van der Waals surface area contributed by atoms with E-state index in [-0.39, 0.29) is 12.0 Å². The van der Waals surface area contributed by atoms with Gasteiger partial charge in [-0.15, -0.1) is 0 Å². The van der Waals surface area contributed by atoms with Gasteiger partial charge in [-0.3, -0.25) is 11.3 Å². The monoisotopic (exact) mass is 266 g/mol. The number of hydrogen-bond donors (Lipinski definition) is 2. The quantitative estimate of drug-likeness (QED) is 0.659. The zero-order chi connectivity index (χ0) is 13.8. The van der Waals surface area contributed by atoms with Gasteiger partial charge in [-0.2, -0.15) is 0 Å². The normalized spacial score (nSPS) is 12.4. The predicted molar refractivity (Wildman–Crippen MR) is 66.5 cm³/mol. The molecule has 0 aliphatic carbocycles. The molecule has 5 heteroatoms. The molecule has 2 aromatic carbocycles. The van der Waals surface area contributed by atoms with Crippen LogP contribution < -0.4 is 11.3 Å². The number of nitrogens with one attached hydrogen (secondary N) is 1. The molecule has 0 amide bonds. The van der Waals surface area contributed by atoms with Crippen LogP contribution in [0.2, 0.25) is 0 Å². The van der Waals surface area contributed by atoms with E-state index < -0.39 is 23.5 Å². The Morgan fingerprint density at radius 1 is 1.00 bits per heavy atom. The Hall–Kier alpha value is -1.85. The van der Waals surface area contributed by atoms with E-state index in [1.807, 2.05) is 0 Å². The second-order valence-electron chi connectivity index (χ2n) is 4.18. The SMILES string of the molecule is NNC(Cc1c(F)cccc1F)c1cccc(F)c1. The van der Waals surface area contributed by atoms with E-state index in [4.69, 9.17) is 5.84 Å². The molecule has 0 bridgehead atoms. The first-order valence-electron chi connectivity index (χ1n) is 5.76. The Bertz CT molecular complexity index is 552. The average Bonchev–Trinajstić information content (AvgIpc) is 2.38. The second kappa shape index (κ2) is 5.86. The number of hydrogen-bond acceptors (Lipinski definition) is 2. The summed E-state index contributed by atoms with van der Waals surface area (Å²) in [7, 11) is 0. The third-order valence-electron chi connectivity index (χ3n) is 2.92. The summed E-state index contributed by atoms with van der Waals surface area (Å²) < 4.78 is 40.3. The average molecular weight is 266 g/mol. The summed E-state index contributed by atoms with van der Waals surface area (Å²) in [5.41, 5.74) is 2.91. The standard InChI is InChI=1S/C14H13F3N2/c15-10-4-1-3-9(7-10)14(19-18)8-11-12(16)5-2-6-13(11)17/h1-7,14,19H,8,18H2. The summed E-state index contributed by atoms with van der Waals surface area (Å²) in [6.45, 7) is 0. The lowest BCUT2D eigenvalue weighted by atomic mass is 9.98. The zero-order valence-corrected chi connectivity index (χ0v) is 10.0. The molecule has 0 aliphatic heterocycles. The lowest BCUT2D eigenvalue weighted by Gasteiger charge is -2.17. The van der Waals surface area contributed by atoms with E-state index in [1.165, 1.54) is 36.4 Å². The van der Waals surface area contributed by atoms with Crippen LogP contribution >= 0.6 is 0 Å². The largest absolute Gasteiger partial charge is 0.271 e. The van der Waals surface area contributed by atoms with Crippen molar-refractivity contribution >= 4 is 0 Å². The minimum Gasteiger partial charge on any atom is -0.271 e. The molecular weight excluding hydrogens is 253 g/mol. The van der Waals surface area contributed by atoms with Gasteiger partial charge in [0.2, 0.25) is 0 Å². The van der Waals surface area contributed by atoms with Crippen molar-refractivity contribution in [1.82, 2.24) is 5.43 Å². The summed E-state index contributed by atoms with van der Waals surface area (Å²) in [5.74, 6) is 3.68. The maximum Gasteiger partial charge on any atom is 0.129 e. The maximum atomic E-state index is 13.6. The second-order valence-corrected chi connectivity index (χ2v) is 4.18. The molecule has 0 saturated heterocycles. The predicted octanol–water partition coefficient (Wildman–Crippen LogP) is 2.85. The van der Waals surface area contributed by atoms with Gasteiger partial charge in [0.05, 0.1) is 6.04 Å². The van der Waals surface area contributed by atoms with Gasteiger partial charge in [0.1, 0.15) is 17.5 Å². The number of benzene rings is 2. The maximum absolute atomic E-state index is 13.6. The van der Waals surface area contributed by atoms with E-state index in [0.29, 0.717) is 5.56 Å². The third kappa shape index (κ3) is 3.13. The van der Waals surface area contributed by atoms with Crippen molar-refractivity contribution in [3.8, 4) is 0 Å². The highest BCUT2D eigenvalue weighted by Crippen LogP contribution is 2.22. The fraction of sp³-hybridized carbons (Fsp3) is 0.143. The molecule has 0 heterocycles. The molecule has 0 aromatic heterocycles. The first-order valence-corrected chi connectivity index (χ1v) is 5.76. The molecule has 2 aromatic rings. The van der Waals surface area contributed by atoms with Crippen LogP contribution in [0.25, 0.3) is 0 Å². The van der Waals surface area contributed by atoms with Crippen molar-refractivity contribution in [2.24, 2.45) is 5.84 Å². The molecule has 0 saturated carbocycles. The van der Waals surface area contributed by atoms with Crippen LogP contribution in [0.3, 0.4) is 0 Å². The molecule has 0 spiro atoms. The van der Waals surface area contributed by atoms with E-state index in [9.17, 15) is 13.2 Å². The van der Waals surface area contributed by atoms with Gasteiger partial charge in [0.25, 0.3) is 0 Å². The summed E-state index contributed by atoms with van der Waals surface area (Å²) in [5, 5.41) is 0. The van der Waals surface area contributed by atoms with Crippen LogP contribution in [0.1, 0.15) is 17.2 Å². The Morgan fingerprint density at radius 3 is 2.21 bits per heavy atom. The molecule has 2 rings (SSSR count). The molecule has 0 aliphatic rings. The van der Waals surface area contributed by atoms with E-state index in [2.05, 4.69) is 5.43 Å². The number of nitrogens with two attached hydrogens (primary N) is 1. The highest BCUT2D eigenvalue weighted by molar-refractivity contribution is 5.26. The van der Waals surface area contributed by atoms with Gasteiger partial charge < -0.3 is 0 Å². The molecular formula is C14H13F3N2. The van der Waals surface area contributed by atoms with Crippen molar-refractivity contribution in [2.45, 2.75) is 12.5 Å². The Labute approximate surface area is 109 Å². The smallest absolute Gasteiger partial charge is 0.129 e. The summed E-state index contributed by atoms with van der Waals surface area (Å²) in [4.78, 5) is 0. The number of hydrazine groups is 1. The fourth-order valence-electron chi connectivity index (χ4n) is 1.93. The first kappa shape index (κ1) is 13.6. The zero-order valence-electron chi connectivity index (χ0n) is 10.0. The molecule has 1 unspecified atom stereocenters. The molecule has 3 N–H and O–H groups in total. The van der Waals surface area contributed by atoms with Crippen molar-refractivity contribution in [2.75, 3.05) is 0 Å². The minimum atomic E-state index is -0.642.